The quantitative estimate of drug-likeness (QED) is 0.00987. The smallest absolute Gasteiger partial charge is 1.00 e. The molecule has 2 fully saturated rings. The van der Waals surface area contributed by atoms with Gasteiger partial charge in [0, 0.05) is 65.5 Å². The summed E-state index contributed by atoms with van der Waals surface area (Å²) in [5.74, 6) is -1.70. The molecule has 0 radical (unpaired) electrons. The van der Waals surface area contributed by atoms with Crippen molar-refractivity contribution in [3.05, 3.63) is 307 Å². The maximum absolute atomic E-state index is 14.8. The zero-order valence-electron chi connectivity index (χ0n) is 72.4. The Morgan fingerprint density at radius 3 is 1.57 bits per heavy atom. The molecule has 12 rings (SSSR count). The number of aromatic carboxylic acids is 1. The molecule has 1 aliphatic heterocycles. The first-order valence-electron chi connectivity index (χ1n) is 39.0. The summed E-state index contributed by atoms with van der Waals surface area (Å²) in [4.78, 5) is 65.1. The average molecular weight is 1880 g/mol. The van der Waals surface area contributed by atoms with Gasteiger partial charge in [0.2, 0.25) is 9.23 Å². The van der Waals surface area contributed by atoms with Gasteiger partial charge in [-0.2, -0.15) is 33.7 Å². The van der Waals surface area contributed by atoms with Crippen LogP contribution in [0.1, 0.15) is 167 Å². The van der Waals surface area contributed by atoms with Gasteiger partial charge in [-0.25, -0.2) is 50.8 Å². The summed E-state index contributed by atoms with van der Waals surface area (Å²) >= 11 is 0. The summed E-state index contributed by atoms with van der Waals surface area (Å²) in [6.07, 6.45) is 2.74. The molecule has 24 nitrogen and oxygen atoms in total. The molecule has 0 spiro atoms. The van der Waals surface area contributed by atoms with Gasteiger partial charge in [-0.15, -0.1) is 6.07 Å². The second kappa shape index (κ2) is 52.6. The van der Waals surface area contributed by atoms with Crippen molar-refractivity contribution in [1.29, 1.82) is 5.26 Å². The molecule has 2 aromatic heterocycles. The Morgan fingerprint density at radius 1 is 0.680 bits per heavy atom. The molecule has 125 heavy (non-hydrogen) atoms. The maximum Gasteiger partial charge on any atom is 2.00 e. The van der Waals surface area contributed by atoms with Gasteiger partial charge in [0.25, 0.3) is 0 Å². The van der Waals surface area contributed by atoms with Gasteiger partial charge >= 0.3 is 41.2 Å². The summed E-state index contributed by atoms with van der Waals surface area (Å²) in [7, 11) is 4.24. The van der Waals surface area contributed by atoms with Crippen molar-refractivity contribution < 1.29 is 87.9 Å². The number of amides is 2. The van der Waals surface area contributed by atoms with E-state index in [1.54, 1.807) is 183 Å². The fraction of sp³-hybridized carbons (Fsp3) is 0.319. The second-order valence-corrected chi connectivity index (χ2v) is 44.6. The number of aromatic nitrogens is 4. The Morgan fingerprint density at radius 2 is 1.14 bits per heavy atom. The molecule has 2 unspecified atom stereocenters. The molecule has 0 bridgehead atoms. The average Bonchev–Trinajstić information content (AvgIpc) is 1.34. The molecule has 8 aromatic carbocycles. The van der Waals surface area contributed by atoms with Crippen LogP contribution in [-0.2, 0) is 42.9 Å². The van der Waals surface area contributed by atoms with Crippen LogP contribution in [0.2, 0.25) is 39.3 Å². The molecule has 3 heterocycles. The van der Waals surface area contributed by atoms with Crippen LogP contribution in [0, 0.1) is 67.8 Å². The second-order valence-electron chi connectivity index (χ2n) is 32.1. The van der Waals surface area contributed by atoms with Crippen molar-refractivity contribution in [2.45, 2.75) is 163 Å². The van der Waals surface area contributed by atoms with E-state index in [0.717, 1.165) is 48.8 Å². The third-order valence-electron chi connectivity index (χ3n) is 17.2. The van der Waals surface area contributed by atoms with Crippen molar-refractivity contribution in [3.8, 4) is 17.4 Å². The number of aldehydes is 1. The molecule has 2 amide bonds. The van der Waals surface area contributed by atoms with Crippen molar-refractivity contribution in [2.24, 2.45) is 11.7 Å². The van der Waals surface area contributed by atoms with Crippen LogP contribution in [0.3, 0.4) is 0 Å². The number of aliphatic hydroxyl groups is 2. The Hall–Kier alpha value is -10.4. The van der Waals surface area contributed by atoms with Crippen LogP contribution >= 0.6 is 21.4 Å². The summed E-state index contributed by atoms with van der Waals surface area (Å²) in [5.41, 5.74) is 18.6. The number of alkyl carbamates (subject to hydrolysis) is 2. The fourth-order valence-corrected chi connectivity index (χ4v) is 21.8. The Balaban J connectivity index is 0.000000410. The number of nitrogen functional groups attached to an aromatic ring is 1. The number of aryl methyl sites for hydroxylation is 2. The third kappa shape index (κ3) is 39.0. The first-order chi connectivity index (χ1) is 57.9. The molecule has 34 heteroatoms. The number of carbonyl (C=O) groups excluding carboxylic acids is 4. The number of hydrogen-bond donors (Lipinski definition) is 7. The van der Waals surface area contributed by atoms with E-state index in [1.165, 1.54) is 83.6 Å². The molecule has 1 aliphatic carbocycles. The number of nitrogens with one attached hydrogen (secondary N) is 2. The van der Waals surface area contributed by atoms with E-state index in [-0.39, 0.29) is 93.8 Å². The van der Waals surface area contributed by atoms with Crippen molar-refractivity contribution in [1.82, 2.24) is 30.2 Å². The van der Waals surface area contributed by atoms with Crippen LogP contribution in [0.4, 0.5) is 45.5 Å². The summed E-state index contributed by atoms with van der Waals surface area (Å²) in [6.45, 7) is 44.7. The van der Waals surface area contributed by atoms with E-state index in [4.69, 9.17) is 48.3 Å². The van der Waals surface area contributed by atoms with Gasteiger partial charge < -0.3 is 72.8 Å². The molecule has 1 saturated carbocycles. The molecule has 2 aliphatic rings. The normalized spacial score (nSPS) is 12.2. The predicted molar refractivity (Wildman–Crippen MR) is 487 cm³/mol. The van der Waals surface area contributed by atoms with Gasteiger partial charge in [-0.05, 0) is 211 Å². The number of benzene rings is 8. The molecular formula is C91H106BrCl2F3MgN12O12SSi2. The summed E-state index contributed by atoms with van der Waals surface area (Å²) < 4.78 is 71.5. The van der Waals surface area contributed by atoms with Crippen LogP contribution in [0.15, 0.2) is 188 Å². The van der Waals surface area contributed by atoms with Crippen molar-refractivity contribution >= 4 is 123 Å². The number of ketones is 1. The first-order valence-corrected chi connectivity index (χ1v) is 48.7. The van der Waals surface area contributed by atoms with Gasteiger partial charge in [0.1, 0.15) is 63.5 Å². The third-order valence-corrected chi connectivity index (χ3v) is 24.4. The van der Waals surface area contributed by atoms with E-state index >= 15 is 0 Å². The van der Waals surface area contributed by atoms with Crippen molar-refractivity contribution in [3.63, 3.8) is 0 Å². The minimum atomic E-state index is -1.67. The van der Waals surface area contributed by atoms with Crippen LogP contribution < -0.4 is 43.3 Å². The maximum atomic E-state index is 14.8. The van der Waals surface area contributed by atoms with Gasteiger partial charge in [0.15, 0.2) is 22.9 Å². The number of hydrogen-bond acceptors (Lipinski definition) is 17. The number of carboxylic acid groups (broad SMARTS) is 1. The summed E-state index contributed by atoms with van der Waals surface area (Å²) in [6, 6.07) is 55.4. The van der Waals surface area contributed by atoms with Gasteiger partial charge in [0.05, 0.1) is 53.2 Å². The molecule has 1 saturated heterocycles. The number of carboxylic acids is 1. The first kappa shape index (κ1) is 109. The molecule has 9 N–H and O–H groups in total. The minimum absolute atomic E-state index is 0. The number of ether oxygens (including phenoxy) is 3. The topological polar surface area (TPSA) is 338 Å². The van der Waals surface area contributed by atoms with E-state index < -0.39 is 78.9 Å². The van der Waals surface area contributed by atoms with E-state index in [1.807, 2.05) is 18.2 Å². The molecule has 10 aromatic rings. The zero-order valence-corrected chi connectivity index (χ0v) is 79.7. The number of rotatable bonds is 19. The molecular weight excluding hydrogens is 1770 g/mol. The molecule has 660 valence electrons. The number of Topliss-reactive ketones (excluding diaryl/α,β-unsaturated/α-hetero) is 1. The van der Waals surface area contributed by atoms with Crippen LogP contribution in [0.25, 0.3) is 21.1 Å². The Bertz CT molecular complexity index is 5350. The number of anilines is 2. The van der Waals surface area contributed by atoms with E-state index in [2.05, 4.69) is 101 Å². The number of carbonyl (C=O) groups is 5. The Kier molecular flexibility index (Phi) is 45.7. The number of nitrogens with two attached hydrogens (primary N) is 2. The largest absolute Gasteiger partial charge is 2.00 e. The van der Waals surface area contributed by atoms with Crippen LogP contribution in [0.5, 0.6) is 0 Å². The van der Waals surface area contributed by atoms with Gasteiger partial charge in [-0.1, -0.05) is 136 Å². The summed E-state index contributed by atoms with van der Waals surface area (Å²) in [5, 5.41) is 53.5. The van der Waals surface area contributed by atoms with E-state index in [0.29, 0.717) is 67.5 Å². The van der Waals surface area contributed by atoms with Crippen LogP contribution in [-0.4, -0.2) is 140 Å². The zero-order chi connectivity index (χ0) is 91.5. The number of nitriles is 1. The van der Waals surface area contributed by atoms with Crippen molar-refractivity contribution in [2.75, 3.05) is 29.7 Å². The molecule has 2 atom stereocenters. The van der Waals surface area contributed by atoms with E-state index in [9.17, 15) is 52.5 Å². The minimum Gasteiger partial charge on any atom is -1.00 e. The number of nitrogens with zero attached hydrogens (tertiary/aromatic N) is 8. The number of aliphatic hydroxyl groups excluding tert-OH is 2. The predicted octanol–water partition coefficient (Wildman–Crippen LogP) is 16.6. The fourth-order valence-electron chi connectivity index (χ4n) is 12.0. The SMILES string of the molecule is C1CCOC1.C[Si](C)(C)N(c1c[c-]ccc1F)[Si](C)(C)C.Cc1cc(C(=O)Cc2cc(C(O)c3cccc(C#N)c3)ccc2F)n(-c2cccc(CNC(=O)OC(C)(C)C)c2)n1.Cc1cc(C(=O)O)n(-c2cccc(CNC(=O)OC(C)(C)C)c2)n1.NCC1CC1.O=S(Cl)Cl.[Br-].[C-]#[N+]c1cccc(C(O)c2ccc(F)c(N)c2)c1.[C-]#[N+]c1cccc(C=O)c1.[Mg+2]. The standard InChI is InChI=1S/C32H31FN4O4.C17H21N3O4.C14H11FN2O.C12H21FNSi2.C8H5NO.C4H9N.C4H8O.BrH.Cl2OS.Mg/c1-20-13-28(37(36-20)26-10-6-8-22(15-26)19-35-31(40)41-32(2,3)4)29(38)17-25-16-24(11-12-27(25)33)30(39)23-9-5-7-21(14-23)18-34;1-11-8-14(15(21)22)20(19-11)13-7-5-6-12(9-13)10-18-16(23)24-17(2,3)4;1-17-11-4-2-3-9(7-11)14(18)10-5-6-12(15)13(16)8-10;1-15(2,3)14(16(4,5)6)12-10-8-7-9-11(12)13;1-9-8-4-2-3-7(5-8)6-10;5-3-4-1-2-4;1-2-4-5-3-1;;1-4(2)3;/h5-16,30,39H,17,19H2,1-4H3,(H,35,40);5-9H,10H2,1-4H3,(H,18,23)(H,21,22);2-8,14,18H,16H2;7,9-10H,1-6H3;2-6H;4H,1-3,5H2;1-4H2;1H;;/q;;;-1;;;;;;+2/p-1. The Labute approximate surface area is 770 Å². The van der Waals surface area contributed by atoms with Gasteiger partial charge in [-0.3, -0.25) is 9.59 Å². The monoisotopic (exact) mass is 1880 g/mol. The number of halogens is 6.